The molecule has 1 aromatic heterocycles. The first kappa shape index (κ1) is 19.2. The molecule has 2 amide bonds. The van der Waals surface area contributed by atoms with E-state index in [1.54, 1.807) is 24.3 Å². The normalized spacial score (nSPS) is 10.6. The van der Waals surface area contributed by atoms with E-state index in [0.29, 0.717) is 29.8 Å². The molecule has 0 saturated heterocycles. The smallest absolute Gasteiger partial charge is 0.419 e. The third kappa shape index (κ3) is 4.79. The minimum Gasteiger partial charge on any atom is -0.483 e. The van der Waals surface area contributed by atoms with Crippen molar-refractivity contribution >= 4 is 22.9 Å². The van der Waals surface area contributed by atoms with Gasteiger partial charge in [-0.25, -0.2) is 4.79 Å². The number of benzene rings is 2. The largest absolute Gasteiger partial charge is 0.483 e. The molecule has 0 fully saturated rings. The van der Waals surface area contributed by atoms with Gasteiger partial charge in [0.1, 0.15) is 5.75 Å². The number of aromatic nitrogens is 1. The number of carbonyl (C=O) groups is 2. The maximum absolute atomic E-state index is 11.9. The molecule has 8 heteroatoms. The minimum absolute atomic E-state index is 0.144. The predicted octanol–water partition coefficient (Wildman–Crippen LogP) is 1.91. The van der Waals surface area contributed by atoms with E-state index in [0.717, 1.165) is 5.56 Å². The Labute approximate surface area is 161 Å². The van der Waals surface area contributed by atoms with Crippen molar-refractivity contribution in [3.05, 3.63) is 64.6 Å². The standard InChI is InChI=1S/C20H21N3O5/c1-14-7-2-4-9-16(14)27-13-19(25)22-21-18(24)11-6-12-23-15-8-3-5-10-17(15)28-20(23)26/h2-5,7-10H,6,11-13H2,1H3,(H,21,24)(H,22,25). The van der Waals surface area contributed by atoms with E-state index in [-0.39, 0.29) is 18.9 Å². The van der Waals surface area contributed by atoms with Crippen molar-refractivity contribution in [3.8, 4) is 5.75 Å². The van der Waals surface area contributed by atoms with Crippen molar-refractivity contribution in [3.63, 3.8) is 0 Å². The fourth-order valence-electron chi connectivity index (χ4n) is 2.72. The Bertz CT molecular complexity index is 1040. The molecular formula is C20H21N3O5. The summed E-state index contributed by atoms with van der Waals surface area (Å²) in [6, 6.07) is 14.4. The zero-order valence-electron chi connectivity index (χ0n) is 15.4. The van der Waals surface area contributed by atoms with Gasteiger partial charge in [0.05, 0.1) is 5.52 Å². The maximum atomic E-state index is 11.9. The first-order chi connectivity index (χ1) is 13.5. The van der Waals surface area contributed by atoms with Crippen molar-refractivity contribution in [1.29, 1.82) is 0 Å². The van der Waals surface area contributed by atoms with E-state index in [2.05, 4.69) is 10.9 Å². The zero-order valence-corrected chi connectivity index (χ0v) is 15.4. The van der Waals surface area contributed by atoms with Gasteiger partial charge in [0, 0.05) is 13.0 Å². The van der Waals surface area contributed by atoms with Crippen LogP contribution in [-0.2, 0) is 16.1 Å². The third-order valence-corrected chi connectivity index (χ3v) is 4.15. The maximum Gasteiger partial charge on any atom is 0.419 e. The second-order valence-corrected chi connectivity index (χ2v) is 6.24. The molecule has 1 heterocycles. The lowest BCUT2D eigenvalue weighted by atomic mass is 10.2. The molecule has 0 radical (unpaired) electrons. The van der Waals surface area contributed by atoms with E-state index >= 15 is 0 Å². The molecule has 2 N–H and O–H groups in total. The number of nitrogens with zero attached hydrogens (tertiary/aromatic N) is 1. The van der Waals surface area contributed by atoms with E-state index in [4.69, 9.17) is 9.15 Å². The van der Waals surface area contributed by atoms with Gasteiger partial charge in [0.2, 0.25) is 5.91 Å². The number of hydrogen-bond acceptors (Lipinski definition) is 5. The molecule has 0 saturated carbocycles. The van der Waals surface area contributed by atoms with Crippen LogP contribution in [0, 0.1) is 6.92 Å². The van der Waals surface area contributed by atoms with Gasteiger partial charge in [-0.3, -0.25) is 25.0 Å². The molecule has 0 aliphatic carbocycles. The molecule has 2 aromatic carbocycles. The number of amides is 2. The lowest BCUT2D eigenvalue weighted by molar-refractivity contribution is -0.130. The van der Waals surface area contributed by atoms with E-state index < -0.39 is 11.7 Å². The van der Waals surface area contributed by atoms with Crippen molar-refractivity contribution in [1.82, 2.24) is 15.4 Å². The summed E-state index contributed by atoms with van der Waals surface area (Å²) in [5, 5.41) is 0. The van der Waals surface area contributed by atoms with Crippen molar-refractivity contribution in [2.24, 2.45) is 0 Å². The first-order valence-electron chi connectivity index (χ1n) is 8.89. The average molecular weight is 383 g/mol. The number of fused-ring (bicyclic) bond motifs is 1. The molecule has 0 aliphatic heterocycles. The minimum atomic E-state index is -0.464. The number of ether oxygens (including phenoxy) is 1. The van der Waals surface area contributed by atoms with Gasteiger partial charge in [0.25, 0.3) is 5.91 Å². The number of rotatable bonds is 7. The van der Waals surface area contributed by atoms with E-state index in [1.165, 1.54) is 4.57 Å². The number of nitrogens with one attached hydrogen (secondary N) is 2. The highest BCUT2D eigenvalue weighted by atomic mass is 16.5. The van der Waals surface area contributed by atoms with Gasteiger partial charge >= 0.3 is 5.76 Å². The van der Waals surface area contributed by atoms with Crippen LogP contribution in [-0.4, -0.2) is 23.0 Å². The van der Waals surface area contributed by atoms with Gasteiger partial charge in [-0.1, -0.05) is 30.3 Å². The Balaban J connectivity index is 1.40. The summed E-state index contributed by atoms with van der Waals surface area (Å²) in [6.45, 7) is 2.01. The van der Waals surface area contributed by atoms with Crippen LogP contribution in [0.15, 0.2) is 57.7 Å². The zero-order chi connectivity index (χ0) is 19.9. The lowest BCUT2D eigenvalue weighted by Crippen LogP contribution is -2.43. The van der Waals surface area contributed by atoms with Crippen LogP contribution in [0.3, 0.4) is 0 Å². The second kappa shape index (κ2) is 8.90. The highest BCUT2D eigenvalue weighted by Gasteiger charge is 2.10. The summed E-state index contributed by atoms with van der Waals surface area (Å²) < 4.78 is 12.0. The van der Waals surface area contributed by atoms with Crippen LogP contribution in [0.5, 0.6) is 5.75 Å². The number of carbonyl (C=O) groups excluding carboxylic acids is 2. The number of hydrazine groups is 1. The molecule has 0 spiro atoms. The summed E-state index contributed by atoms with van der Waals surface area (Å²) in [5.74, 6) is -0.663. The Morgan fingerprint density at radius 1 is 1.04 bits per heavy atom. The summed E-state index contributed by atoms with van der Waals surface area (Å²) in [6.07, 6.45) is 0.565. The van der Waals surface area contributed by atoms with E-state index in [9.17, 15) is 14.4 Å². The molecule has 0 aliphatic rings. The molecule has 3 aromatic rings. The molecular weight excluding hydrogens is 362 g/mol. The van der Waals surface area contributed by atoms with Crippen LogP contribution >= 0.6 is 0 Å². The fourth-order valence-corrected chi connectivity index (χ4v) is 2.72. The molecule has 28 heavy (non-hydrogen) atoms. The van der Waals surface area contributed by atoms with Crippen molar-refractivity contribution in [2.75, 3.05) is 6.61 Å². The Kier molecular flexibility index (Phi) is 6.11. The van der Waals surface area contributed by atoms with Crippen LogP contribution in [0.4, 0.5) is 0 Å². The summed E-state index contributed by atoms with van der Waals surface area (Å²) in [4.78, 5) is 35.5. The van der Waals surface area contributed by atoms with Gasteiger partial charge < -0.3 is 9.15 Å². The monoisotopic (exact) mass is 383 g/mol. The number of oxazole rings is 1. The lowest BCUT2D eigenvalue weighted by Gasteiger charge is -2.10. The molecule has 0 bridgehead atoms. The Hall–Kier alpha value is -3.55. The van der Waals surface area contributed by atoms with Gasteiger partial charge in [-0.2, -0.15) is 0 Å². The van der Waals surface area contributed by atoms with Gasteiger partial charge in [-0.05, 0) is 37.1 Å². The Morgan fingerprint density at radius 2 is 1.75 bits per heavy atom. The van der Waals surface area contributed by atoms with Gasteiger partial charge in [0.15, 0.2) is 12.2 Å². The topological polar surface area (TPSA) is 103 Å². The number of hydrogen-bond donors (Lipinski definition) is 2. The highest BCUT2D eigenvalue weighted by molar-refractivity contribution is 5.82. The SMILES string of the molecule is Cc1ccccc1OCC(=O)NNC(=O)CCCn1c(=O)oc2ccccc21. The summed E-state index contributed by atoms with van der Waals surface area (Å²) in [5.41, 5.74) is 6.76. The number of para-hydroxylation sites is 3. The fraction of sp³-hybridized carbons (Fsp3) is 0.250. The van der Waals surface area contributed by atoms with Crippen LogP contribution < -0.4 is 21.3 Å². The van der Waals surface area contributed by atoms with E-state index in [1.807, 2.05) is 31.2 Å². The highest BCUT2D eigenvalue weighted by Crippen LogP contribution is 2.15. The quantitative estimate of drug-likeness (QED) is 0.607. The van der Waals surface area contributed by atoms with Crippen molar-refractivity contribution in [2.45, 2.75) is 26.3 Å². The molecule has 0 unspecified atom stereocenters. The van der Waals surface area contributed by atoms with Crippen LogP contribution in [0.2, 0.25) is 0 Å². The molecule has 0 atom stereocenters. The number of aryl methyl sites for hydroxylation is 2. The second-order valence-electron chi connectivity index (χ2n) is 6.24. The summed E-state index contributed by atoms with van der Waals surface area (Å²) in [7, 11) is 0. The first-order valence-corrected chi connectivity index (χ1v) is 8.89. The molecule has 146 valence electrons. The van der Waals surface area contributed by atoms with Crippen molar-refractivity contribution < 1.29 is 18.7 Å². The van der Waals surface area contributed by atoms with Crippen LogP contribution in [0.25, 0.3) is 11.1 Å². The predicted molar refractivity (Wildman–Crippen MR) is 103 cm³/mol. The third-order valence-electron chi connectivity index (χ3n) is 4.15. The average Bonchev–Trinajstić information content (AvgIpc) is 3.01. The Morgan fingerprint density at radius 3 is 2.57 bits per heavy atom. The van der Waals surface area contributed by atoms with Crippen LogP contribution in [0.1, 0.15) is 18.4 Å². The van der Waals surface area contributed by atoms with Gasteiger partial charge in [-0.15, -0.1) is 0 Å². The summed E-state index contributed by atoms with van der Waals surface area (Å²) >= 11 is 0. The molecule has 3 rings (SSSR count). The molecule has 8 nitrogen and oxygen atoms in total.